The molecule has 0 rings (SSSR count). The summed E-state index contributed by atoms with van der Waals surface area (Å²) >= 11 is 0. The number of nitrogens with one attached hydrogen (secondary N) is 1. The molecule has 2 N–H and O–H groups in total. The second-order valence-corrected chi connectivity index (χ2v) is 6.04. The van der Waals surface area contributed by atoms with Crippen molar-refractivity contribution in [2.75, 3.05) is 6.54 Å². The molecule has 0 aromatic rings. The maximum Gasteiger partial charge on any atom is 0.243 e. The summed E-state index contributed by atoms with van der Waals surface area (Å²) in [6.07, 6.45) is 19.5. The van der Waals surface area contributed by atoms with Gasteiger partial charge in [-0.25, -0.2) is 0 Å². The molecule has 23 heavy (non-hydrogen) atoms. The Morgan fingerprint density at radius 2 is 1.78 bits per heavy atom. The summed E-state index contributed by atoms with van der Waals surface area (Å²) in [5.41, 5.74) is 0. The quantitative estimate of drug-likeness (QED) is 0.320. The number of unbranched alkanes of at least 4 members (excludes halogenated alkanes) is 2. The summed E-state index contributed by atoms with van der Waals surface area (Å²) in [5, 5.41) is 12.5. The van der Waals surface area contributed by atoms with Gasteiger partial charge in [-0.05, 0) is 18.8 Å². The summed E-state index contributed by atoms with van der Waals surface area (Å²) in [7, 11) is 0. The molecule has 130 valence electrons. The highest BCUT2D eigenvalue weighted by molar-refractivity contribution is 5.87. The molecular formula is C20H33NO2. The lowest BCUT2D eigenvalue weighted by atomic mass is 10.1. The topological polar surface area (TPSA) is 49.3 Å². The molecule has 0 radical (unpaired) electrons. The highest BCUT2D eigenvalue weighted by atomic mass is 16.3. The first-order valence-electron chi connectivity index (χ1n) is 8.68. The average molecular weight is 319 g/mol. The van der Waals surface area contributed by atoms with Crippen molar-refractivity contribution in [3.8, 4) is 0 Å². The van der Waals surface area contributed by atoms with Crippen LogP contribution in [0.1, 0.15) is 52.9 Å². The number of carbonyl (C=O) groups is 1. The van der Waals surface area contributed by atoms with Gasteiger partial charge in [0.1, 0.15) is 0 Å². The first-order valence-corrected chi connectivity index (χ1v) is 8.68. The first-order chi connectivity index (χ1) is 11.1. The molecule has 0 saturated carbocycles. The van der Waals surface area contributed by atoms with E-state index in [-0.39, 0.29) is 12.0 Å². The highest BCUT2D eigenvalue weighted by Crippen LogP contribution is 2.04. The lowest BCUT2D eigenvalue weighted by Crippen LogP contribution is -2.25. The largest absolute Gasteiger partial charge is 0.389 e. The average Bonchev–Trinajstić information content (AvgIpc) is 2.51. The molecule has 0 bridgehead atoms. The lowest BCUT2D eigenvalue weighted by molar-refractivity contribution is -0.116. The molecule has 0 heterocycles. The maximum atomic E-state index is 11.4. The molecule has 3 nitrogen and oxygen atoms in total. The smallest absolute Gasteiger partial charge is 0.243 e. The normalized spacial score (nSPS) is 14.0. The summed E-state index contributed by atoms with van der Waals surface area (Å²) in [6, 6.07) is 0. The Morgan fingerprint density at radius 1 is 1.09 bits per heavy atom. The van der Waals surface area contributed by atoms with Gasteiger partial charge in [-0.1, -0.05) is 82.6 Å². The van der Waals surface area contributed by atoms with E-state index in [0.29, 0.717) is 12.5 Å². The molecule has 0 unspecified atom stereocenters. The molecule has 1 atom stereocenters. The van der Waals surface area contributed by atoms with Crippen LogP contribution in [0.5, 0.6) is 0 Å². The Balaban J connectivity index is 3.77. The van der Waals surface area contributed by atoms with E-state index in [9.17, 15) is 9.90 Å². The molecule has 3 heteroatoms. The zero-order valence-electron chi connectivity index (χ0n) is 14.9. The number of rotatable bonds is 12. The number of aliphatic hydroxyl groups is 1. The van der Waals surface area contributed by atoms with Crippen molar-refractivity contribution in [2.45, 2.75) is 59.0 Å². The number of carbonyl (C=O) groups excluding carboxylic acids is 1. The number of amides is 1. The molecule has 0 aromatic heterocycles. The second-order valence-electron chi connectivity index (χ2n) is 6.04. The van der Waals surface area contributed by atoms with Crippen LogP contribution in [0.4, 0.5) is 0 Å². The molecule has 0 fully saturated rings. The van der Waals surface area contributed by atoms with Crippen LogP contribution >= 0.6 is 0 Å². The number of allylic oxidation sites excluding steroid dienone is 6. The van der Waals surface area contributed by atoms with Gasteiger partial charge in [0.15, 0.2) is 0 Å². The van der Waals surface area contributed by atoms with E-state index in [1.54, 1.807) is 6.08 Å². The Hall–Kier alpha value is -1.61. The van der Waals surface area contributed by atoms with Crippen molar-refractivity contribution >= 4 is 5.91 Å². The van der Waals surface area contributed by atoms with Crippen LogP contribution in [0.3, 0.4) is 0 Å². The van der Waals surface area contributed by atoms with Crippen LogP contribution in [0.15, 0.2) is 48.6 Å². The SMILES string of the molecule is CCCCC[C@H](O)/C=C/C=C\C/C=C\C=C\C(=O)NCC(C)C. The van der Waals surface area contributed by atoms with Crippen LogP contribution in [-0.4, -0.2) is 23.7 Å². The third kappa shape index (κ3) is 16.6. The zero-order chi connectivity index (χ0) is 17.3. The van der Waals surface area contributed by atoms with Crippen molar-refractivity contribution in [1.82, 2.24) is 5.32 Å². The third-order valence-corrected chi connectivity index (χ3v) is 3.14. The minimum absolute atomic E-state index is 0.0566. The Kier molecular flexibility index (Phi) is 14.2. The third-order valence-electron chi connectivity index (χ3n) is 3.14. The second kappa shape index (κ2) is 15.3. The predicted molar refractivity (Wildman–Crippen MR) is 99.2 cm³/mol. The lowest BCUT2D eigenvalue weighted by Gasteiger charge is -2.03. The van der Waals surface area contributed by atoms with E-state index in [2.05, 4.69) is 26.1 Å². The summed E-state index contributed by atoms with van der Waals surface area (Å²) in [6.45, 7) is 6.99. The van der Waals surface area contributed by atoms with Gasteiger partial charge < -0.3 is 10.4 Å². The van der Waals surface area contributed by atoms with Gasteiger partial charge in [0, 0.05) is 12.6 Å². The zero-order valence-corrected chi connectivity index (χ0v) is 14.9. The van der Waals surface area contributed by atoms with Crippen molar-refractivity contribution in [3.63, 3.8) is 0 Å². The van der Waals surface area contributed by atoms with Crippen LogP contribution in [-0.2, 0) is 4.79 Å². The predicted octanol–water partition coefficient (Wildman–Crippen LogP) is 4.31. The van der Waals surface area contributed by atoms with Gasteiger partial charge in [-0.15, -0.1) is 0 Å². The van der Waals surface area contributed by atoms with E-state index in [4.69, 9.17) is 0 Å². The van der Waals surface area contributed by atoms with Gasteiger partial charge >= 0.3 is 0 Å². The summed E-state index contributed by atoms with van der Waals surface area (Å²) in [5.74, 6) is 0.408. The molecule has 0 aliphatic heterocycles. The van der Waals surface area contributed by atoms with Gasteiger partial charge in [-0.3, -0.25) is 4.79 Å². The van der Waals surface area contributed by atoms with Crippen molar-refractivity contribution in [1.29, 1.82) is 0 Å². The fourth-order valence-corrected chi connectivity index (χ4v) is 1.79. The summed E-state index contributed by atoms with van der Waals surface area (Å²) in [4.78, 5) is 11.4. The Labute approximate surface area is 141 Å². The van der Waals surface area contributed by atoms with E-state index < -0.39 is 0 Å². The minimum atomic E-state index is -0.339. The molecule has 0 aliphatic carbocycles. The van der Waals surface area contributed by atoms with Crippen molar-refractivity contribution in [2.24, 2.45) is 5.92 Å². The monoisotopic (exact) mass is 319 g/mol. The first kappa shape index (κ1) is 21.4. The summed E-state index contributed by atoms with van der Waals surface area (Å²) < 4.78 is 0. The number of aliphatic hydroxyl groups excluding tert-OH is 1. The van der Waals surface area contributed by atoms with Gasteiger partial charge in [0.05, 0.1) is 6.10 Å². The molecule has 0 saturated heterocycles. The van der Waals surface area contributed by atoms with E-state index in [1.807, 2.05) is 36.5 Å². The molecule has 1 amide bonds. The van der Waals surface area contributed by atoms with E-state index >= 15 is 0 Å². The fraction of sp³-hybridized carbons (Fsp3) is 0.550. The molecule has 0 aromatic carbocycles. The Bertz CT molecular complexity index is 406. The fourth-order valence-electron chi connectivity index (χ4n) is 1.79. The van der Waals surface area contributed by atoms with Gasteiger partial charge in [0.25, 0.3) is 0 Å². The van der Waals surface area contributed by atoms with Crippen molar-refractivity contribution < 1.29 is 9.90 Å². The molecular weight excluding hydrogens is 286 g/mol. The van der Waals surface area contributed by atoms with Gasteiger partial charge in [0.2, 0.25) is 5.91 Å². The molecule has 0 spiro atoms. The van der Waals surface area contributed by atoms with Crippen LogP contribution in [0, 0.1) is 5.92 Å². The number of hydrogen-bond acceptors (Lipinski definition) is 2. The molecule has 0 aliphatic rings. The Morgan fingerprint density at radius 3 is 2.43 bits per heavy atom. The minimum Gasteiger partial charge on any atom is -0.389 e. The van der Waals surface area contributed by atoms with Crippen LogP contribution in [0.25, 0.3) is 0 Å². The number of hydrogen-bond donors (Lipinski definition) is 2. The van der Waals surface area contributed by atoms with Gasteiger partial charge in [-0.2, -0.15) is 0 Å². The van der Waals surface area contributed by atoms with E-state index in [1.165, 1.54) is 18.9 Å². The maximum absolute atomic E-state index is 11.4. The van der Waals surface area contributed by atoms with Crippen molar-refractivity contribution in [3.05, 3.63) is 48.6 Å². The standard InChI is InChI=1S/C20H33NO2/c1-4-5-11-14-19(22)15-12-9-7-6-8-10-13-16-20(23)21-17-18(2)3/h7-10,12-13,15-16,18-19,22H,4-6,11,14,17H2,1-3H3,(H,21,23)/b9-7-,10-8-,15-12+,16-13+/t19-/m0/s1. The van der Waals surface area contributed by atoms with E-state index in [0.717, 1.165) is 19.3 Å². The highest BCUT2D eigenvalue weighted by Gasteiger charge is 1.96. The van der Waals surface area contributed by atoms with Crippen LogP contribution in [0.2, 0.25) is 0 Å². The van der Waals surface area contributed by atoms with Crippen LogP contribution < -0.4 is 5.32 Å².